The van der Waals surface area contributed by atoms with Gasteiger partial charge in [0.05, 0.1) is 12.3 Å². The minimum Gasteiger partial charge on any atom is -0.488 e. The van der Waals surface area contributed by atoms with Gasteiger partial charge in [-0.1, -0.05) is 12.8 Å². The Morgan fingerprint density at radius 2 is 2.00 bits per heavy atom. The Morgan fingerprint density at radius 1 is 1.23 bits per heavy atom. The quantitative estimate of drug-likeness (QED) is 0.836. The van der Waals surface area contributed by atoms with E-state index < -0.39 is 0 Å². The number of hydrogen-bond acceptors (Lipinski definition) is 4. The van der Waals surface area contributed by atoms with Crippen molar-refractivity contribution in [1.82, 2.24) is 9.88 Å². The van der Waals surface area contributed by atoms with E-state index in [1.807, 2.05) is 28.8 Å². The average molecular weight is 320 g/mol. The first-order valence-corrected chi connectivity index (χ1v) is 9.32. The summed E-state index contributed by atoms with van der Waals surface area (Å²) in [6.45, 7) is 1.59. The van der Waals surface area contributed by atoms with Crippen molar-refractivity contribution in [3.8, 4) is 5.75 Å². The molecule has 0 unspecified atom stereocenters. The highest BCUT2D eigenvalue weighted by molar-refractivity contribution is 8.00. The van der Waals surface area contributed by atoms with Crippen LogP contribution in [0.5, 0.6) is 5.75 Å². The van der Waals surface area contributed by atoms with Crippen molar-refractivity contribution in [2.75, 3.05) is 18.8 Å². The zero-order chi connectivity index (χ0) is 15.2. The molecule has 2 fully saturated rings. The first-order valence-electron chi connectivity index (χ1n) is 8.27. The number of likely N-dealkylation sites (tertiary alicyclic amines) is 1. The molecule has 0 aromatic carbocycles. The number of carbonyl (C=O) groups is 1. The van der Waals surface area contributed by atoms with Gasteiger partial charge in [0.2, 0.25) is 5.91 Å². The largest absolute Gasteiger partial charge is 0.488 e. The van der Waals surface area contributed by atoms with Gasteiger partial charge < -0.3 is 9.64 Å². The first-order chi connectivity index (χ1) is 10.8. The van der Waals surface area contributed by atoms with E-state index in [4.69, 9.17) is 4.74 Å². The van der Waals surface area contributed by atoms with E-state index in [0.717, 1.165) is 25.1 Å². The second-order valence-electron chi connectivity index (χ2n) is 6.12. The van der Waals surface area contributed by atoms with Crippen molar-refractivity contribution in [3.05, 3.63) is 24.5 Å². The van der Waals surface area contributed by atoms with E-state index in [1.165, 1.54) is 25.7 Å². The molecular formula is C17H24N2O2S. The van der Waals surface area contributed by atoms with Crippen LogP contribution >= 0.6 is 11.8 Å². The van der Waals surface area contributed by atoms with Crippen LogP contribution < -0.4 is 4.74 Å². The van der Waals surface area contributed by atoms with Crippen LogP contribution in [0.4, 0.5) is 0 Å². The van der Waals surface area contributed by atoms with Gasteiger partial charge >= 0.3 is 0 Å². The van der Waals surface area contributed by atoms with Crippen molar-refractivity contribution >= 4 is 17.7 Å². The molecular weight excluding hydrogens is 296 g/mol. The molecule has 120 valence electrons. The topological polar surface area (TPSA) is 42.4 Å². The second-order valence-corrected chi connectivity index (χ2v) is 7.41. The third kappa shape index (κ3) is 4.38. The number of carbonyl (C=O) groups excluding carboxylic acids is 1. The molecule has 22 heavy (non-hydrogen) atoms. The van der Waals surface area contributed by atoms with E-state index in [-0.39, 0.29) is 12.0 Å². The van der Waals surface area contributed by atoms with Gasteiger partial charge in [0.15, 0.2) is 0 Å². The van der Waals surface area contributed by atoms with Crippen LogP contribution in [0.15, 0.2) is 24.5 Å². The molecule has 1 saturated heterocycles. The fourth-order valence-electron chi connectivity index (χ4n) is 3.21. The lowest BCUT2D eigenvalue weighted by Crippen LogP contribution is -2.45. The van der Waals surface area contributed by atoms with Crippen LogP contribution in [-0.4, -0.2) is 46.0 Å². The highest BCUT2D eigenvalue weighted by Gasteiger charge is 2.26. The van der Waals surface area contributed by atoms with Crippen molar-refractivity contribution in [2.45, 2.75) is 49.9 Å². The zero-order valence-electron chi connectivity index (χ0n) is 12.9. The Morgan fingerprint density at radius 3 is 2.77 bits per heavy atom. The number of ether oxygens (including phenoxy) is 1. The van der Waals surface area contributed by atoms with Gasteiger partial charge in [-0.25, -0.2) is 0 Å². The molecule has 0 spiro atoms. The van der Waals surface area contributed by atoms with E-state index in [0.29, 0.717) is 17.5 Å². The number of nitrogens with zero attached hydrogens (tertiary/aromatic N) is 2. The molecule has 0 radical (unpaired) electrons. The fraction of sp³-hybridized carbons (Fsp3) is 0.647. The Bertz CT molecular complexity index is 477. The Balaban J connectivity index is 1.46. The number of piperidine rings is 1. The van der Waals surface area contributed by atoms with Gasteiger partial charge in [-0.15, -0.1) is 11.8 Å². The minimum absolute atomic E-state index is 0.108. The molecule has 3 rings (SSSR count). The molecule has 2 heterocycles. The Kier molecular flexibility index (Phi) is 5.59. The predicted octanol–water partition coefficient (Wildman–Crippen LogP) is 3.13. The van der Waals surface area contributed by atoms with Gasteiger partial charge in [0, 0.05) is 24.2 Å². The smallest absolute Gasteiger partial charge is 0.232 e. The average Bonchev–Trinajstić information content (AvgIpc) is 3.07. The number of aromatic nitrogens is 1. The summed E-state index contributed by atoms with van der Waals surface area (Å²) in [5.41, 5.74) is 0. The summed E-state index contributed by atoms with van der Waals surface area (Å²) in [6, 6.07) is 3.74. The van der Waals surface area contributed by atoms with Gasteiger partial charge in [-0.3, -0.25) is 9.78 Å². The van der Waals surface area contributed by atoms with E-state index in [2.05, 4.69) is 4.98 Å². The van der Waals surface area contributed by atoms with Crippen molar-refractivity contribution in [2.24, 2.45) is 0 Å². The molecule has 1 saturated carbocycles. The molecule has 0 bridgehead atoms. The second kappa shape index (κ2) is 7.86. The summed E-state index contributed by atoms with van der Waals surface area (Å²) >= 11 is 1.85. The highest BCUT2D eigenvalue weighted by Crippen LogP contribution is 2.29. The molecule has 1 aromatic rings. The molecule has 4 nitrogen and oxygen atoms in total. The lowest BCUT2D eigenvalue weighted by atomic mass is 10.1. The number of amides is 1. The molecule has 1 aliphatic heterocycles. The molecule has 5 heteroatoms. The minimum atomic E-state index is 0.108. The zero-order valence-corrected chi connectivity index (χ0v) is 13.8. The third-order valence-electron chi connectivity index (χ3n) is 4.43. The van der Waals surface area contributed by atoms with Crippen molar-refractivity contribution < 1.29 is 9.53 Å². The Hall–Kier alpha value is -1.23. The van der Waals surface area contributed by atoms with Crippen LogP contribution in [0.3, 0.4) is 0 Å². The Labute approximate surface area is 136 Å². The van der Waals surface area contributed by atoms with Crippen LogP contribution in [0.25, 0.3) is 0 Å². The molecule has 0 N–H and O–H groups in total. The first kappa shape index (κ1) is 15.7. The summed E-state index contributed by atoms with van der Waals surface area (Å²) < 4.78 is 5.97. The lowest BCUT2D eigenvalue weighted by Gasteiger charge is -2.33. The normalized spacial score (nSPS) is 22.7. The maximum atomic E-state index is 12.4. The van der Waals surface area contributed by atoms with Crippen LogP contribution in [-0.2, 0) is 4.79 Å². The molecule has 2 aliphatic rings. The fourth-order valence-corrected chi connectivity index (χ4v) is 4.43. The third-order valence-corrected chi connectivity index (χ3v) is 5.78. The van der Waals surface area contributed by atoms with Crippen molar-refractivity contribution in [1.29, 1.82) is 0 Å². The summed E-state index contributed by atoms with van der Waals surface area (Å²) in [5, 5.41) is 0.706. The molecule has 1 atom stereocenters. The number of rotatable bonds is 5. The lowest BCUT2D eigenvalue weighted by molar-refractivity contribution is -0.130. The number of hydrogen-bond donors (Lipinski definition) is 0. The summed E-state index contributed by atoms with van der Waals surface area (Å²) in [7, 11) is 0. The van der Waals surface area contributed by atoms with E-state index in [1.54, 1.807) is 12.4 Å². The van der Waals surface area contributed by atoms with E-state index in [9.17, 15) is 4.79 Å². The monoisotopic (exact) mass is 320 g/mol. The van der Waals surface area contributed by atoms with Crippen molar-refractivity contribution in [3.63, 3.8) is 0 Å². The van der Waals surface area contributed by atoms with Gasteiger partial charge in [-0.05, 0) is 37.8 Å². The van der Waals surface area contributed by atoms with E-state index >= 15 is 0 Å². The molecule has 1 amide bonds. The molecule has 1 aliphatic carbocycles. The van der Waals surface area contributed by atoms with Crippen LogP contribution in [0.2, 0.25) is 0 Å². The highest BCUT2D eigenvalue weighted by atomic mass is 32.2. The summed E-state index contributed by atoms with van der Waals surface area (Å²) in [4.78, 5) is 18.4. The summed E-state index contributed by atoms with van der Waals surface area (Å²) in [5.74, 6) is 1.75. The van der Waals surface area contributed by atoms with Gasteiger partial charge in [-0.2, -0.15) is 0 Å². The maximum Gasteiger partial charge on any atom is 0.232 e. The SMILES string of the molecule is O=C(CSC1CCCC1)N1CCC[C@H](Oc2ccncc2)C1. The van der Waals surface area contributed by atoms with Crippen LogP contribution in [0.1, 0.15) is 38.5 Å². The standard InChI is InChI=1S/C17H24N2O2S/c20-17(13-22-16-5-1-2-6-16)19-11-3-4-15(12-19)21-14-7-9-18-10-8-14/h7-10,15-16H,1-6,11-13H2/t15-/m0/s1. The van der Waals surface area contributed by atoms with Gasteiger partial charge in [0.25, 0.3) is 0 Å². The summed E-state index contributed by atoms with van der Waals surface area (Å²) in [6.07, 6.45) is 10.8. The maximum absolute atomic E-state index is 12.4. The number of thioether (sulfide) groups is 1. The van der Waals surface area contributed by atoms with Gasteiger partial charge in [0.1, 0.15) is 11.9 Å². The van der Waals surface area contributed by atoms with Crippen LogP contribution in [0, 0.1) is 0 Å². The number of pyridine rings is 1. The predicted molar refractivity (Wildman–Crippen MR) is 89.2 cm³/mol. The molecule has 1 aromatic heterocycles.